The average molecular weight is 269 g/mol. The molecule has 1 aromatic carbocycles. The van der Waals surface area contributed by atoms with E-state index >= 15 is 0 Å². The zero-order valence-electron chi connectivity index (χ0n) is 10.4. The molecule has 0 saturated carbocycles. The van der Waals surface area contributed by atoms with Gasteiger partial charge in [-0.3, -0.25) is 4.68 Å². The first-order valence-electron chi connectivity index (χ1n) is 5.84. The molecule has 0 fully saturated rings. The highest BCUT2D eigenvalue weighted by Gasteiger charge is 2.34. The monoisotopic (exact) mass is 269 g/mol. The summed E-state index contributed by atoms with van der Waals surface area (Å²) in [5.41, 5.74) is 0.0400. The molecular weight excluding hydrogens is 255 g/mol. The minimum absolute atomic E-state index is 0.262. The second-order valence-corrected chi connectivity index (χ2v) is 4.16. The SMILES string of the molecule is CNCC(c1ccccc1)n1ccc(C(F)(F)F)n1. The molecule has 1 unspecified atom stereocenters. The highest BCUT2D eigenvalue weighted by molar-refractivity contribution is 5.20. The maximum atomic E-state index is 12.6. The molecule has 102 valence electrons. The molecule has 2 aromatic rings. The van der Waals surface area contributed by atoms with Crippen LogP contribution in [0.3, 0.4) is 0 Å². The maximum absolute atomic E-state index is 12.6. The summed E-state index contributed by atoms with van der Waals surface area (Å²) in [4.78, 5) is 0. The number of nitrogens with zero attached hydrogens (tertiary/aromatic N) is 2. The fourth-order valence-corrected chi connectivity index (χ4v) is 1.90. The molecule has 0 spiro atoms. The van der Waals surface area contributed by atoms with Gasteiger partial charge in [0, 0.05) is 12.7 Å². The third-order valence-electron chi connectivity index (χ3n) is 2.80. The van der Waals surface area contributed by atoms with Gasteiger partial charge in [-0.15, -0.1) is 0 Å². The van der Waals surface area contributed by atoms with Crippen molar-refractivity contribution >= 4 is 0 Å². The summed E-state index contributed by atoms with van der Waals surface area (Å²) in [6.07, 6.45) is -3.05. The van der Waals surface area contributed by atoms with Crippen LogP contribution >= 0.6 is 0 Å². The van der Waals surface area contributed by atoms with Crippen LogP contribution in [0.1, 0.15) is 17.3 Å². The van der Waals surface area contributed by atoms with E-state index in [9.17, 15) is 13.2 Å². The smallest absolute Gasteiger partial charge is 0.317 e. The first-order valence-corrected chi connectivity index (χ1v) is 5.84. The Kier molecular flexibility index (Phi) is 3.90. The number of rotatable bonds is 4. The quantitative estimate of drug-likeness (QED) is 0.925. The van der Waals surface area contributed by atoms with E-state index in [0.29, 0.717) is 6.54 Å². The predicted molar refractivity (Wildman–Crippen MR) is 65.7 cm³/mol. The van der Waals surface area contributed by atoms with Crippen LogP contribution in [0.15, 0.2) is 42.6 Å². The lowest BCUT2D eigenvalue weighted by molar-refractivity contribution is -0.141. The van der Waals surface area contributed by atoms with Gasteiger partial charge in [-0.2, -0.15) is 18.3 Å². The minimum atomic E-state index is -4.41. The fraction of sp³-hybridized carbons (Fsp3) is 0.308. The molecule has 3 nitrogen and oxygen atoms in total. The van der Waals surface area contributed by atoms with Crippen molar-refractivity contribution in [3.63, 3.8) is 0 Å². The Balaban J connectivity index is 2.32. The molecule has 0 amide bonds. The number of nitrogens with one attached hydrogen (secondary N) is 1. The molecule has 0 aliphatic rings. The lowest BCUT2D eigenvalue weighted by Crippen LogP contribution is -2.24. The highest BCUT2D eigenvalue weighted by atomic mass is 19.4. The van der Waals surface area contributed by atoms with E-state index in [-0.39, 0.29) is 6.04 Å². The van der Waals surface area contributed by atoms with E-state index in [1.165, 1.54) is 10.9 Å². The zero-order valence-corrected chi connectivity index (χ0v) is 10.4. The zero-order chi connectivity index (χ0) is 13.9. The van der Waals surface area contributed by atoms with Gasteiger partial charge in [0.2, 0.25) is 0 Å². The van der Waals surface area contributed by atoms with Crippen molar-refractivity contribution in [2.75, 3.05) is 13.6 Å². The second kappa shape index (κ2) is 5.44. The third-order valence-corrected chi connectivity index (χ3v) is 2.80. The van der Waals surface area contributed by atoms with Gasteiger partial charge in [0.05, 0.1) is 6.04 Å². The van der Waals surface area contributed by atoms with Crippen molar-refractivity contribution in [1.29, 1.82) is 0 Å². The van der Waals surface area contributed by atoms with E-state index < -0.39 is 11.9 Å². The molecule has 2 rings (SSSR count). The Morgan fingerprint density at radius 2 is 1.89 bits per heavy atom. The highest BCUT2D eigenvalue weighted by Crippen LogP contribution is 2.28. The molecule has 0 bridgehead atoms. The predicted octanol–water partition coefficient (Wildman–Crippen LogP) is 2.71. The lowest BCUT2D eigenvalue weighted by Gasteiger charge is -2.17. The fourth-order valence-electron chi connectivity index (χ4n) is 1.90. The van der Waals surface area contributed by atoms with E-state index in [0.717, 1.165) is 11.6 Å². The van der Waals surface area contributed by atoms with Crippen molar-refractivity contribution in [1.82, 2.24) is 15.1 Å². The maximum Gasteiger partial charge on any atom is 0.435 e. The van der Waals surface area contributed by atoms with Crippen LogP contribution in [0.4, 0.5) is 13.2 Å². The van der Waals surface area contributed by atoms with Gasteiger partial charge < -0.3 is 5.32 Å². The Morgan fingerprint density at radius 1 is 1.21 bits per heavy atom. The standard InChI is InChI=1S/C13H14F3N3/c1-17-9-11(10-5-3-2-4-6-10)19-8-7-12(18-19)13(14,15)16/h2-8,11,17H,9H2,1H3. The largest absolute Gasteiger partial charge is 0.435 e. The summed E-state index contributed by atoms with van der Waals surface area (Å²) >= 11 is 0. The van der Waals surface area contributed by atoms with Crippen molar-refractivity contribution in [3.05, 3.63) is 53.9 Å². The van der Waals surface area contributed by atoms with E-state index in [4.69, 9.17) is 0 Å². The molecule has 1 N–H and O–H groups in total. The average Bonchev–Trinajstić information content (AvgIpc) is 2.86. The van der Waals surface area contributed by atoms with Crippen molar-refractivity contribution < 1.29 is 13.2 Å². The van der Waals surface area contributed by atoms with Crippen LogP contribution in [0.2, 0.25) is 0 Å². The number of hydrogen-bond acceptors (Lipinski definition) is 2. The molecule has 1 atom stereocenters. The van der Waals surface area contributed by atoms with Gasteiger partial charge in [0.1, 0.15) is 0 Å². The number of likely N-dealkylation sites (N-methyl/N-ethyl adjacent to an activating group) is 1. The summed E-state index contributed by atoms with van der Waals surface area (Å²) in [6.45, 7) is 0.503. The molecule has 0 radical (unpaired) electrons. The van der Waals surface area contributed by atoms with Gasteiger partial charge in [0.15, 0.2) is 5.69 Å². The summed E-state index contributed by atoms with van der Waals surface area (Å²) in [5.74, 6) is 0. The van der Waals surface area contributed by atoms with Crippen molar-refractivity contribution in [2.45, 2.75) is 12.2 Å². The number of hydrogen-bond donors (Lipinski definition) is 1. The minimum Gasteiger partial charge on any atom is -0.317 e. The van der Waals surface area contributed by atoms with Crippen LogP contribution in [0, 0.1) is 0 Å². The van der Waals surface area contributed by atoms with E-state index in [1.54, 1.807) is 7.05 Å². The van der Waals surface area contributed by atoms with E-state index in [2.05, 4.69) is 10.4 Å². The molecule has 0 aliphatic carbocycles. The molecule has 6 heteroatoms. The van der Waals surface area contributed by atoms with Gasteiger partial charge >= 0.3 is 6.18 Å². The summed E-state index contributed by atoms with van der Waals surface area (Å²) in [7, 11) is 1.75. The molecule has 0 aliphatic heterocycles. The lowest BCUT2D eigenvalue weighted by atomic mass is 10.1. The van der Waals surface area contributed by atoms with Crippen LogP contribution in [-0.4, -0.2) is 23.4 Å². The number of alkyl halides is 3. The molecule has 1 aromatic heterocycles. The molecular formula is C13H14F3N3. The Morgan fingerprint density at radius 3 is 2.42 bits per heavy atom. The Labute approximate surface area is 109 Å². The summed E-state index contributed by atoms with van der Waals surface area (Å²) in [6, 6.07) is 10.0. The first-order chi connectivity index (χ1) is 9.02. The topological polar surface area (TPSA) is 29.9 Å². The normalized spacial score (nSPS) is 13.5. The number of aromatic nitrogens is 2. The Bertz CT molecular complexity index is 519. The van der Waals surface area contributed by atoms with Crippen LogP contribution in [0.5, 0.6) is 0 Å². The third kappa shape index (κ3) is 3.14. The van der Waals surface area contributed by atoms with Crippen LogP contribution in [-0.2, 0) is 6.18 Å². The van der Waals surface area contributed by atoms with Crippen molar-refractivity contribution in [3.8, 4) is 0 Å². The van der Waals surface area contributed by atoms with Crippen LogP contribution in [0.25, 0.3) is 0 Å². The van der Waals surface area contributed by atoms with Gasteiger partial charge in [-0.25, -0.2) is 0 Å². The van der Waals surface area contributed by atoms with Gasteiger partial charge in [0.25, 0.3) is 0 Å². The van der Waals surface area contributed by atoms with Gasteiger partial charge in [-0.05, 0) is 18.7 Å². The summed E-state index contributed by atoms with van der Waals surface area (Å²) in [5, 5.41) is 6.60. The second-order valence-electron chi connectivity index (χ2n) is 4.16. The van der Waals surface area contributed by atoms with Crippen LogP contribution < -0.4 is 5.32 Å². The molecule has 19 heavy (non-hydrogen) atoms. The number of benzene rings is 1. The Hall–Kier alpha value is -1.82. The number of halogens is 3. The molecule has 1 heterocycles. The molecule has 0 saturated heterocycles. The van der Waals surface area contributed by atoms with E-state index in [1.807, 2.05) is 30.3 Å². The van der Waals surface area contributed by atoms with Gasteiger partial charge in [-0.1, -0.05) is 30.3 Å². The van der Waals surface area contributed by atoms with Crippen molar-refractivity contribution in [2.24, 2.45) is 0 Å². The first kappa shape index (κ1) is 13.6. The summed E-state index contributed by atoms with van der Waals surface area (Å²) < 4.78 is 39.0.